The van der Waals surface area contributed by atoms with E-state index in [4.69, 9.17) is 9.84 Å². The number of hydrogen-bond acceptors (Lipinski definition) is 4. The van der Waals surface area contributed by atoms with Crippen LogP contribution in [0.3, 0.4) is 0 Å². The number of halogens is 2. The highest BCUT2D eigenvalue weighted by Gasteiger charge is 2.11. The highest BCUT2D eigenvalue weighted by Crippen LogP contribution is 2.30. The van der Waals surface area contributed by atoms with Crippen molar-refractivity contribution in [3.63, 3.8) is 0 Å². The van der Waals surface area contributed by atoms with Crippen LogP contribution in [0.1, 0.15) is 5.56 Å². The van der Waals surface area contributed by atoms with Crippen molar-refractivity contribution in [2.75, 3.05) is 12.9 Å². The van der Waals surface area contributed by atoms with Gasteiger partial charge in [-0.05, 0) is 17.7 Å². The van der Waals surface area contributed by atoms with Crippen molar-refractivity contribution in [2.45, 2.75) is 12.4 Å². The molecule has 0 spiro atoms. The Morgan fingerprint density at radius 3 is 2.72 bits per heavy atom. The fourth-order valence-electron chi connectivity index (χ4n) is 1.25. The van der Waals surface area contributed by atoms with Crippen molar-refractivity contribution in [1.29, 1.82) is 0 Å². The zero-order valence-electron chi connectivity index (χ0n) is 9.56. The first-order valence-electron chi connectivity index (χ1n) is 4.94. The molecule has 1 aromatic rings. The van der Waals surface area contributed by atoms with Gasteiger partial charge >= 0.3 is 12.6 Å². The first-order valence-corrected chi connectivity index (χ1v) is 6.09. The third kappa shape index (κ3) is 4.79. The quantitative estimate of drug-likeness (QED) is 0.831. The third-order valence-corrected chi connectivity index (χ3v) is 2.93. The summed E-state index contributed by atoms with van der Waals surface area (Å²) < 4.78 is 33.4. The first kappa shape index (κ1) is 14.6. The molecule has 0 fully saturated rings. The van der Waals surface area contributed by atoms with Crippen LogP contribution in [0.4, 0.5) is 8.78 Å². The van der Waals surface area contributed by atoms with E-state index >= 15 is 0 Å². The summed E-state index contributed by atoms with van der Waals surface area (Å²) in [5, 5.41) is 8.49. The van der Waals surface area contributed by atoms with E-state index in [1.54, 1.807) is 12.1 Å². The Kier molecular flexibility index (Phi) is 5.70. The summed E-state index contributed by atoms with van der Waals surface area (Å²) in [4.78, 5) is 10.3. The van der Waals surface area contributed by atoms with Gasteiger partial charge in [0, 0.05) is 5.75 Å². The number of carboxylic acids is 1. The fraction of sp³-hybridized carbons (Fsp3) is 0.364. The molecule has 0 aliphatic heterocycles. The average Bonchev–Trinajstić information content (AvgIpc) is 2.29. The highest BCUT2D eigenvalue weighted by molar-refractivity contribution is 7.99. The van der Waals surface area contributed by atoms with Crippen molar-refractivity contribution in [3.05, 3.63) is 23.8 Å². The molecule has 0 unspecified atom stereocenters. The molecule has 1 rings (SSSR count). The Balaban J connectivity index is 2.69. The zero-order chi connectivity index (χ0) is 13.5. The van der Waals surface area contributed by atoms with Crippen LogP contribution < -0.4 is 9.47 Å². The van der Waals surface area contributed by atoms with Crippen molar-refractivity contribution < 1.29 is 28.2 Å². The molecule has 0 atom stereocenters. The van der Waals surface area contributed by atoms with Gasteiger partial charge in [-0.25, -0.2) is 0 Å². The van der Waals surface area contributed by atoms with E-state index < -0.39 is 12.6 Å². The summed E-state index contributed by atoms with van der Waals surface area (Å²) in [6, 6.07) is 4.52. The third-order valence-electron chi connectivity index (χ3n) is 1.94. The number of carboxylic acid groups (broad SMARTS) is 1. The summed E-state index contributed by atoms with van der Waals surface area (Å²) in [5.41, 5.74) is 0.778. The van der Waals surface area contributed by atoms with Crippen molar-refractivity contribution in [2.24, 2.45) is 0 Å². The van der Waals surface area contributed by atoms with Crippen LogP contribution in [0, 0.1) is 0 Å². The Morgan fingerprint density at radius 1 is 1.44 bits per heavy atom. The van der Waals surface area contributed by atoms with Gasteiger partial charge in [-0.15, -0.1) is 11.8 Å². The Morgan fingerprint density at radius 2 is 2.17 bits per heavy atom. The smallest absolute Gasteiger partial charge is 0.387 e. The topological polar surface area (TPSA) is 55.8 Å². The summed E-state index contributed by atoms with van der Waals surface area (Å²) >= 11 is 1.21. The molecule has 4 nitrogen and oxygen atoms in total. The lowest BCUT2D eigenvalue weighted by Crippen LogP contribution is -2.04. The van der Waals surface area contributed by atoms with Crippen LogP contribution >= 0.6 is 11.8 Å². The number of ether oxygens (including phenoxy) is 2. The molecule has 0 aliphatic rings. The fourth-order valence-corrected chi connectivity index (χ4v) is 1.94. The van der Waals surface area contributed by atoms with Crippen molar-refractivity contribution in [3.8, 4) is 11.5 Å². The molecule has 0 heterocycles. The molecular weight excluding hydrogens is 266 g/mol. The van der Waals surface area contributed by atoms with E-state index in [0.29, 0.717) is 5.75 Å². The Labute approximate surface area is 107 Å². The van der Waals surface area contributed by atoms with Crippen LogP contribution in [0.15, 0.2) is 18.2 Å². The van der Waals surface area contributed by atoms with Gasteiger partial charge in [0.15, 0.2) is 11.5 Å². The molecular formula is C11H12F2O4S. The predicted molar refractivity (Wildman–Crippen MR) is 63.4 cm³/mol. The largest absolute Gasteiger partial charge is 0.493 e. The van der Waals surface area contributed by atoms with E-state index in [2.05, 4.69) is 4.74 Å². The standard InChI is InChI=1S/C11H12F2O4S/c1-16-9-4-7(5-18-6-10(14)15)2-3-8(9)17-11(12)13/h2-4,11H,5-6H2,1H3,(H,14,15). The molecule has 1 aromatic carbocycles. The van der Waals surface area contributed by atoms with Gasteiger partial charge in [-0.2, -0.15) is 8.78 Å². The molecule has 100 valence electrons. The minimum Gasteiger partial charge on any atom is -0.493 e. The maximum Gasteiger partial charge on any atom is 0.387 e. The average molecular weight is 278 g/mol. The molecule has 0 aliphatic carbocycles. The second kappa shape index (κ2) is 7.05. The normalized spacial score (nSPS) is 10.4. The van der Waals surface area contributed by atoms with E-state index in [1.165, 1.54) is 24.9 Å². The lowest BCUT2D eigenvalue weighted by molar-refractivity contribution is -0.133. The molecule has 0 saturated carbocycles. The van der Waals surface area contributed by atoms with E-state index in [-0.39, 0.29) is 17.3 Å². The number of benzene rings is 1. The maximum atomic E-state index is 12.1. The molecule has 18 heavy (non-hydrogen) atoms. The SMILES string of the molecule is COc1cc(CSCC(=O)O)ccc1OC(F)F. The van der Waals surface area contributed by atoms with E-state index in [1.807, 2.05) is 0 Å². The number of thioether (sulfide) groups is 1. The van der Waals surface area contributed by atoms with Crippen LogP contribution in [0.25, 0.3) is 0 Å². The minimum absolute atomic E-state index is 0.0163. The predicted octanol–water partition coefficient (Wildman–Crippen LogP) is 2.61. The summed E-state index contributed by atoms with van der Waals surface area (Å²) in [5.74, 6) is -0.303. The number of carbonyl (C=O) groups is 1. The van der Waals surface area contributed by atoms with E-state index in [9.17, 15) is 13.6 Å². The molecule has 7 heteroatoms. The van der Waals surface area contributed by atoms with Gasteiger partial charge in [0.05, 0.1) is 12.9 Å². The number of methoxy groups -OCH3 is 1. The summed E-state index contributed by atoms with van der Waals surface area (Å²) in [7, 11) is 1.35. The van der Waals surface area contributed by atoms with Gasteiger partial charge < -0.3 is 14.6 Å². The molecule has 0 saturated heterocycles. The second-order valence-corrected chi connectivity index (χ2v) is 4.24. The minimum atomic E-state index is -2.91. The van der Waals surface area contributed by atoms with Crippen molar-refractivity contribution >= 4 is 17.7 Å². The Hall–Kier alpha value is -1.50. The number of aliphatic carboxylic acids is 1. The van der Waals surface area contributed by atoms with Crippen LogP contribution in [0.2, 0.25) is 0 Å². The molecule has 0 amide bonds. The second-order valence-electron chi connectivity index (χ2n) is 3.25. The summed E-state index contributed by atoms with van der Waals surface area (Å²) in [6.07, 6.45) is 0. The van der Waals surface area contributed by atoms with Crippen LogP contribution in [-0.4, -0.2) is 30.5 Å². The van der Waals surface area contributed by atoms with Gasteiger partial charge in [0.2, 0.25) is 0 Å². The van der Waals surface area contributed by atoms with Gasteiger partial charge in [-0.1, -0.05) is 6.07 Å². The number of rotatable bonds is 7. The summed E-state index contributed by atoms with van der Waals surface area (Å²) in [6.45, 7) is -2.91. The van der Waals surface area contributed by atoms with Gasteiger partial charge in [0.1, 0.15) is 0 Å². The number of hydrogen-bond donors (Lipinski definition) is 1. The Bertz CT molecular complexity index is 412. The molecule has 1 N–H and O–H groups in total. The number of alkyl halides is 2. The van der Waals surface area contributed by atoms with Crippen LogP contribution in [-0.2, 0) is 10.5 Å². The van der Waals surface area contributed by atoms with Crippen LogP contribution in [0.5, 0.6) is 11.5 Å². The highest BCUT2D eigenvalue weighted by atomic mass is 32.2. The molecule has 0 bridgehead atoms. The lowest BCUT2D eigenvalue weighted by Gasteiger charge is -2.11. The molecule has 0 radical (unpaired) electrons. The zero-order valence-corrected chi connectivity index (χ0v) is 10.4. The molecule has 0 aromatic heterocycles. The van der Waals surface area contributed by atoms with Gasteiger partial charge in [0.25, 0.3) is 0 Å². The maximum absolute atomic E-state index is 12.1. The lowest BCUT2D eigenvalue weighted by atomic mass is 10.2. The van der Waals surface area contributed by atoms with Crippen molar-refractivity contribution in [1.82, 2.24) is 0 Å². The first-order chi connectivity index (χ1) is 8.52. The monoisotopic (exact) mass is 278 g/mol. The van der Waals surface area contributed by atoms with E-state index in [0.717, 1.165) is 5.56 Å². The van der Waals surface area contributed by atoms with Gasteiger partial charge in [-0.3, -0.25) is 4.79 Å².